The lowest BCUT2D eigenvalue weighted by Gasteiger charge is -2.49. The lowest BCUT2D eigenvalue weighted by molar-refractivity contribution is -0.0261. The van der Waals surface area contributed by atoms with E-state index in [-0.39, 0.29) is 87.7 Å². The number of halogens is 2. The van der Waals surface area contributed by atoms with Gasteiger partial charge in [-0.2, -0.15) is 0 Å². The van der Waals surface area contributed by atoms with Crippen LogP contribution in [0.25, 0.3) is 32.9 Å². The van der Waals surface area contributed by atoms with Gasteiger partial charge < -0.3 is 28.6 Å². The summed E-state index contributed by atoms with van der Waals surface area (Å²) in [5.41, 5.74) is 2.58. The Balaban J connectivity index is 1.60. The molecule has 0 spiro atoms. The van der Waals surface area contributed by atoms with E-state index in [1.54, 1.807) is 50.1 Å². The molecule has 4 heterocycles. The van der Waals surface area contributed by atoms with E-state index in [1.165, 1.54) is 32.0 Å². The number of ether oxygens (including phenoxy) is 5. The summed E-state index contributed by atoms with van der Waals surface area (Å²) in [6.07, 6.45) is 2.13. The maximum absolute atomic E-state index is 17.8. The quantitative estimate of drug-likeness (QED) is 0.0447. The molecule has 6 rings (SSSR count). The van der Waals surface area contributed by atoms with Crippen molar-refractivity contribution in [3.05, 3.63) is 41.5 Å². The SMILES string of the molecule is [2H]C([2H])([2H])OC[C@]12CC[C@H](CN(c3nc(SC)nc4c(F)c(-c5cc(OCOC)cc6ccc(F)c(C#C[Si](C(C)C)(C(C)C)C(C)C)c56)nc(OC)c34)C1)N2C(=O)OC(C)(C)C. The molecule has 2 aliphatic rings. The predicted molar refractivity (Wildman–Crippen MR) is 237 cm³/mol. The number of pyridine rings is 1. The van der Waals surface area contributed by atoms with Crippen LogP contribution in [0.5, 0.6) is 11.6 Å². The molecule has 2 aliphatic heterocycles. The first-order valence-electron chi connectivity index (χ1n) is 21.8. The number of anilines is 1. The molecular weight excluding hydrogens is 805 g/mol. The number of fused-ring (bicyclic) bond motifs is 4. The van der Waals surface area contributed by atoms with Crippen LogP contribution in [0, 0.1) is 23.1 Å². The Morgan fingerprint density at radius 1 is 1.05 bits per heavy atom. The van der Waals surface area contributed by atoms with Gasteiger partial charge in [0.05, 0.1) is 35.0 Å². The standard InChI is InChI=1S/C45H59F2N5O6SSi/c1-26(2)60(27(3)4,28(5)6)19-17-32-34(46)15-14-29-20-31(57-25-55-11)21-33(35(29)32)38-37(47)39-36(41(48-38)56-12)40(50-42(49-39)59-13)51-22-30-16-18-45(23-51,24-54-10)52(30)43(53)58-44(7,8)9/h14-15,20-21,26-28,30H,16,18,22-25H2,1-13H3/t30-,45+/m1/s1/i10D3. The minimum absolute atomic E-state index is 0.00925. The second kappa shape index (κ2) is 17.6. The predicted octanol–water partition coefficient (Wildman–Crippen LogP) is 10.0. The molecule has 60 heavy (non-hydrogen) atoms. The Hall–Kier alpha value is -4.23. The van der Waals surface area contributed by atoms with Crippen LogP contribution >= 0.6 is 11.8 Å². The number of carbonyl (C=O) groups excluding carboxylic acids is 1. The lowest BCUT2D eigenvalue weighted by atomic mass is 9.95. The zero-order valence-corrected chi connectivity index (χ0v) is 38.5. The van der Waals surface area contributed by atoms with Crippen LogP contribution in [0.2, 0.25) is 16.6 Å². The molecule has 0 N–H and O–H groups in total. The Morgan fingerprint density at radius 3 is 2.38 bits per heavy atom. The van der Waals surface area contributed by atoms with E-state index in [2.05, 4.69) is 58.0 Å². The van der Waals surface area contributed by atoms with E-state index in [1.807, 2.05) is 4.90 Å². The number of hydrogen-bond acceptors (Lipinski definition) is 11. The van der Waals surface area contributed by atoms with Crippen LogP contribution in [0.3, 0.4) is 0 Å². The maximum Gasteiger partial charge on any atom is 0.411 e. The van der Waals surface area contributed by atoms with Gasteiger partial charge in [-0.3, -0.25) is 4.90 Å². The van der Waals surface area contributed by atoms with E-state index in [0.29, 0.717) is 29.4 Å². The summed E-state index contributed by atoms with van der Waals surface area (Å²) in [6.45, 7) is 18.3. The zero-order valence-electron chi connectivity index (χ0n) is 39.7. The summed E-state index contributed by atoms with van der Waals surface area (Å²) in [5, 5.41) is 1.30. The zero-order chi connectivity index (χ0) is 46.4. The van der Waals surface area contributed by atoms with Crippen LogP contribution in [-0.4, -0.2) is 105 Å². The van der Waals surface area contributed by atoms with Crippen molar-refractivity contribution in [2.45, 2.75) is 114 Å². The Morgan fingerprint density at radius 2 is 1.77 bits per heavy atom. The number of piperazine rings is 1. The molecular formula is C45H59F2N5O6SSi. The largest absolute Gasteiger partial charge is 0.480 e. The fourth-order valence-corrected chi connectivity index (χ4v) is 15.1. The summed E-state index contributed by atoms with van der Waals surface area (Å²) < 4.78 is 86.0. The van der Waals surface area contributed by atoms with Crippen LogP contribution < -0.4 is 14.4 Å². The molecule has 11 nitrogen and oxygen atoms in total. The van der Waals surface area contributed by atoms with E-state index in [9.17, 15) is 4.79 Å². The third-order valence-electron chi connectivity index (χ3n) is 12.0. The van der Waals surface area contributed by atoms with Crippen molar-refractivity contribution in [1.82, 2.24) is 19.9 Å². The van der Waals surface area contributed by atoms with Gasteiger partial charge in [0.1, 0.15) is 47.7 Å². The van der Waals surface area contributed by atoms with Crippen LogP contribution in [-0.2, 0) is 14.2 Å². The molecule has 15 heteroatoms. The molecule has 324 valence electrons. The van der Waals surface area contributed by atoms with Crippen LogP contribution in [0.4, 0.5) is 19.4 Å². The number of nitrogens with zero attached hydrogens (tertiary/aromatic N) is 5. The van der Waals surface area contributed by atoms with Crippen molar-refractivity contribution in [3.8, 4) is 34.4 Å². The average Bonchev–Trinajstić information content (AvgIpc) is 3.44. The highest BCUT2D eigenvalue weighted by Gasteiger charge is 2.55. The summed E-state index contributed by atoms with van der Waals surface area (Å²) in [7, 11) is -2.19. The lowest BCUT2D eigenvalue weighted by Crippen LogP contribution is -2.66. The first kappa shape index (κ1) is 41.1. The normalized spacial score (nSPS) is 19.1. The molecule has 0 unspecified atom stereocenters. The molecule has 4 aromatic rings. The van der Waals surface area contributed by atoms with Gasteiger partial charge in [-0.05, 0) is 80.1 Å². The Kier molecular flexibility index (Phi) is 12.1. The molecule has 0 radical (unpaired) electrons. The molecule has 1 amide bonds. The van der Waals surface area contributed by atoms with E-state index < -0.39 is 50.0 Å². The molecule has 2 saturated heterocycles. The third-order valence-corrected chi connectivity index (χ3v) is 18.8. The van der Waals surface area contributed by atoms with Crippen molar-refractivity contribution >= 4 is 53.4 Å². The fourth-order valence-electron chi connectivity index (χ4n) is 9.50. The number of methoxy groups -OCH3 is 3. The van der Waals surface area contributed by atoms with Crippen molar-refractivity contribution in [2.75, 3.05) is 58.9 Å². The summed E-state index contributed by atoms with van der Waals surface area (Å²) in [6, 6.07) is 5.87. The van der Waals surface area contributed by atoms with Crippen molar-refractivity contribution in [2.24, 2.45) is 0 Å². The summed E-state index contributed by atoms with van der Waals surface area (Å²) >= 11 is 1.20. The maximum atomic E-state index is 17.8. The monoisotopic (exact) mass is 866 g/mol. The number of amides is 1. The van der Waals surface area contributed by atoms with Crippen LogP contribution in [0.15, 0.2) is 29.4 Å². The molecule has 2 fully saturated rings. The highest BCUT2D eigenvalue weighted by molar-refractivity contribution is 7.98. The van der Waals surface area contributed by atoms with Gasteiger partial charge in [-0.1, -0.05) is 65.3 Å². The van der Waals surface area contributed by atoms with E-state index in [4.69, 9.17) is 37.8 Å². The van der Waals surface area contributed by atoms with Gasteiger partial charge >= 0.3 is 6.09 Å². The summed E-state index contributed by atoms with van der Waals surface area (Å²) in [5.74, 6) is 2.53. The minimum atomic E-state index is -2.73. The number of benzene rings is 2. The van der Waals surface area contributed by atoms with Gasteiger partial charge in [-0.15, -0.1) is 5.54 Å². The molecule has 2 aromatic heterocycles. The number of aromatic nitrogens is 3. The molecule has 2 aromatic carbocycles. The van der Waals surface area contributed by atoms with Crippen molar-refractivity contribution in [1.29, 1.82) is 0 Å². The highest BCUT2D eigenvalue weighted by Crippen LogP contribution is 2.47. The smallest absolute Gasteiger partial charge is 0.411 e. The van der Waals surface area contributed by atoms with Gasteiger partial charge in [0.15, 0.2) is 17.8 Å². The fraction of sp³-hybridized carbons (Fsp3) is 0.556. The Bertz CT molecular complexity index is 2420. The Labute approximate surface area is 362 Å². The molecule has 0 aliphatic carbocycles. The van der Waals surface area contributed by atoms with Gasteiger partial charge in [0, 0.05) is 38.2 Å². The van der Waals surface area contributed by atoms with Crippen molar-refractivity contribution in [3.63, 3.8) is 0 Å². The van der Waals surface area contributed by atoms with E-state index in [0.717, 1.165) is 0 Å². The molecule has 2 bridgehead atoms. The second-order valence-electron chi connectivity index (χ2n) is 17.7. The summed E-state index contributed by atoms with van der Waals surface area (Å²) in [4.78, 5) is 31.7. The number of thioether (sulfide) groups is 1. The van der Waals surface area contributed by atoms with E-state index >= 15 is 8.78 Å². The number of carbonyl (C=O) groups is 1. The minimum Gasteiger partial charge on any atom is -0.480 e. The third kappa shape index (κ3) is 8.24. The van der Waals surface area contributed by atoms with Gasteiger partial charge in [0.2, 0.25) is 5.88 Å². The average molecular weight is 867 g/mol. The van der Waals surface area contributed by atoms with Gasteiger partial charge in [0.25, 0.3) is 0 Å². The van der Waals surface area contributed by atoms with Gasteiger partial charge in [-0.25, -0.2) is 28.5 Å². The number of rotatable bonds is 12. The van der Waals surface area contributed by atoms with Crippen LogP contribution in [0.1, 0.15) is 84.8 Å². The second-order valence-corrected chi connectivity index (χ2v) is 24.0. The first-order chi connectivity index (χ1) is 29.5. The first-order valence-corrected chi connectivity index (χ1v) is 23.8. The molecule has 2 atom stereocenters. The topological polar surface area (TPSA) is 108 Å². The number of hydrogen-bond donors (Lipinski definition) is 0. The highest BCUT2D eigenvalue weighted by atomic mass is 32.2. The van der Waals surface area contributed by atoms with Crippen molar-refractivity contribution < 1.29 is 41.4 Å². The molecule has 0 saturated carbocycles.